The van der Waals surface area contributed by atoms with Gasteiger partial charge in [-0.25, -0.2) is 14.3 Å². The molecule has 25 heavy (non-hydrogen) atoms. The van der Waals surface area contributed by atoms with Gasteiger partial charge in [0.2, 0.25) is 0 Å². The highest BCUT2D eigenvalue weighted by atomic mass is 79.9. The monoisotopic (exact) mass is 423 g/mol. The van der Waals surface area contributed by atoms with E-state index in [0.29, 0.717) is 16.9 Å². The van der Waals surface area contributed by atoms with Crippen LogP contribution in [-0.2, 0) is 14.3 Å². The molecule has 0 spiro atoms. The third-order valence-corrected chi connectivity index (χ3v) is 4.66. The zero-order valence-corrected chi connectivity index (χ0v) is 16.1. The molecule has 2 aromatic heterocycles. The second kappa shape index (κ2) is 7.11. The first-order chi connectivity index (χ1) is 12.0. The average molecular weight is 425 g/mol. The fourth-order valence-electron chi connectivity index (χ4n) is 2.62. The highest BCUT2D eigenvalue weighted by molar-refractivity contribution is 9.10. The SMILES string of the molecule is COC(=O)[C@@H](OC)c1c(C)nc2cc(-c3cccc(Br)c3)nn2c1Cl. The van der Waals surface area contributed by atoms with E-state index in [1.165, 1.54) is 18.7 Å². The molecule has 1 aromatic carbocycles. The highest BCUT2D eigenvalue weighted by Crippen LogP contribution is 2.31. The molecule has 0 amide bonds. The standard InChI is InChI=1S/C17H15BrClN3O3/c1-9-14(15(24-2)17(23)25-3)16(19)22-13(20-9)8-12(21-22)10-5-4-6-11(18)7-10/h4-8,15H,1-3H3/t15-/m0/s1. The van der Waals surface area contributed by atoms with Crippen molar-refractivity contribution in [1.82, 2.24) is 14.6 Å². The Morgan fingerprint density at radius 3 is 2.72 bits per heavy atom. The number of nitrogens with zero attached hydrogens (tertiary/aromatic N) is 3. The minimum absolute atomic E-state index is 0.265. The number of esters is 1. The van der Waals surface area contributed by atoms with Crippen LogP contribution in [0.15, 0.2) is 34.8 Å². The van der Waals surface area contributed by atoms with E-state index < -0.39 is 12.1 Å². The number of hydrogen-bond acceptors (Lipinski definition) is 5. The van der Waals surface area contributed by atoms with Crippen LogP contribution < -0.4 is 0 Å². The predicted octanol–water partition coefficient (Wildman–Crippen LogP) is 3.98. The maximum atomic E-state index is 12.0. The van der Waals surface area contributed by atoms with Crippen molar-refractivity contribution in [1.29, 1.82) is 0 Å². The van der Waals surface area contributed by atoms with Crippen molar-refractivity contribution < 1.29 is 14.3 Å². The summed E-state index contributed by atoms with van der Waals surface area (Å²) in [7, 11) is 2.71. The zero-order chi connectivity index (χ0) is 18.1. The first-order valence-electron chi connectivity index (χ1n) is 7.38. The van der Waals surface area contributed by atoms with Crippen LogP contribution >= 0.6 is 27.5 Å². The van der Waals surface area contributed by atoms with Gasteiger partial charge in [-0.2, -0.15) is 5.10 Å². The topological polar surface area (TPSA) is 65.7 Å². The molecule has 0 saturated heterocycles. The Balaban J connectivity index is 2.18. The summed E-state index contributed by atoms with van der Waals surface area (Å²) >= 11 is 9.97. The van der Waals surface area contributed by atoms with Crippen molar-refractivity contribution in [2.45, 2.75) is 13.0 Å². The summed E-state index contributed by atoms with van der Waals surface area (Å²) in [6, 6.07) is 9.60. The van der Waals surface area contributed by atoms with Crippen LogP contribution in [0.2, 0.25) is 5.15 Å². The largest absolute Gasteiger partial charge is 0.467 e. The first kappa shape index (κ1) is 17.8. The summed E-state index contributed by atoms with van der Waals surface area (Å²) in [6.45, 7) is 1.77. The first-order valence-corrected chi connectivity index (χ1v) is 8.55. The number of ether oxygens (including phenoxy) is 2. The average Bonchev–Trinajstić information content (AvgIpc) is 3.02. The quantitative estimate of drug-likeness (QED) is 0.468. The van der Waals surface area contributed by atoms with E-state index >= 15 is 0 Å². The number of rotatable bonds is 4. The number of aryl methyl sites for hydroxylation is 1. The lowest BCUT2D eigenvalue weighted by atomic mass is 10.1. The van der Waals surface area contributed by atoms with Crippen molar-refractivity contribution in [3.8, 4) is 11.3 Å². The van der Waals surface area contributed by atoms with E-state index in [-0.39, 0.29) is 5.15 Å². The number of carbonyl (C=O) groups is 1. The normalized spacial score (nSPS) is 12.4. The smallest absolute Gasteiger partial charge is 0.339 e. The molecule has 0 unspecified atom stereocenters. The molecular formula is C17H15BrClN3O3. The third-order valence-electron chi connectivity index (χ3n) is 3.80. The van der Waals surface area contributed by atoms with Gasteiger partial charge in [-0.3, -0.25) is 0 Å². The molecule has 0 aliphatic carbocycles. The van der Waals surface area contributed by atoms with E-state index in [9.17, 15) is 4.79 Å². The fourth-order valence-corrected chi connectivity index (χ4v) is 3.38. The predicted molar refractivity (Wildman–Crippen MR) is 97.6 cm³/mol. The molecule has 0 radical (unpaired) electrons. The van der Waals surface area contributed by atoms with Crippen molar-refractivity contribution in [3.63, 3.8) is 0 Å². The van der Waals surface area contributed by atoms with Crippen molar-refractivity contribution >= 4 is 39.1 Å². The molecule has 1 atom stereocenters. The Labute approximate surface area is 157 Å². The van der Waals surface area contributed by atoms with E-state index in [0.717, 1.165) is 15.7 Å². The summed E-state index contributed by atoms with van der Waals surface area (Å²) in [4.78, 5) is 16.5. The van der Waals surface area contributed by atoms with E-state index in [2.05, 4.69) is 26.0 Å². The summed E-state index contributed by atoms with van der Waals surface area (Å²) < 4.78 is 12.5. The van der Waals surface area contributed by atoms with Crippen molar-refractivity contribution in [2.75, 3.05) is 14.2 Å². The number of halogens is 2. The highest BCUT2D eigenvalue weighted by Gasteiger charge is 2.28. The van der Waals surface area contributed by atoms with Crippen LogP contribution in [0.3, 0.4) is 0 Å². The molecule has 130 valence electrons. The Bertz CT molecular complexity index is 958. The molecule has 3 aromatic rings. The Hall–Kier alpha value is -1.96. The summed E-state index contributed by atoms with van der Waals surface area (Å²) in [5.74, 6) is -0.548. The van der Waals surface area contributed by atoms with Crippen LogP contribution in [-0.4, -0.2) is 34.8 Å². The molecule has 0 fully saturated rings. The molecule has 0 aliphatic heterocycles. The van der Waals surface area contributed by atoms with Crippen LogP contribution in [0.1, 0.15) is 17.4 Å². The van der Waals surface area contributed by atoms with E-state index in [1.807, 2.05) is 30.3 Å². The molecule has 0 bridgehead atoms. The third kappa shape index (κ3) is 3.27. The van der Waals surface area contributed by atoms with Crippen LogP contribution in [0.4, 0.5) is 0 Å². The summed E-state index contributed by atoms with van der Waals surface area (Å²) in [6.07, 6.45) is -0.965. The second-order valence-corrected chi connectivity index (χ2v) is 6.62. The number of hydrogen-bond donors (Lipinski definition) is 0. The van der Waals surface area contributed by atoms with Gasteiger partial charge in [0.05, 0.1) is 18.4 Å². The molecule has 6 nitrogen and oxygen atoms in total. The van der Waals surface area contributed by atoms with Gasteiger partial charge in [-0.1, -0.05) is 39.7 Å². The van der Waals surface area contributed by atoms with Gasteiger partial charge >= 0.3 is 5.97 Å². The van der Waals surface area contributed by atoms with Gasteiger partial charge in [0.25, 0.3) is 0 Å². The zero-order valence-electron chi connectivity index (χ0n) is 13.8. The summed E-state index contributed by atoms with van der Waals surface area (Å²) in [5, 5.41) is 4.79. The van der Waals surface area contributed by atoms with Crippen LogP contribution in [0, 0.1) is 6.92 Å². The lowest BCUT2D eigenvalue weighted by Gasteiger charge is -2.16. The second-order valence-electron chi connectivity index (χ2n) is 5.35. The molecule has 0 aliphatic rings. The van der Waals surface area contributed by atoms with E-state index in [4.69, 9.17) is 21.1 Å². The molecule has 0 saturated carbocycles. The molecule has 3 rings (SSSR count). The molecule has 2 heterocycles. The summed E-state index contributed by atoms with van der Waals surface area (Å²) in [5.41, 5.74) is 3.24. The van der Waals surface area contributed by atoms with Crippen LogP contribution in [0.25, 0.3) is 16.9 Å². The number of benzene rings is 1. The van der Waals surface area contributed by atoms with Crippen LogP contribution in [0.5, 0.6) is 0 Å². The number of methoxy groups -OCH3 is 2. The van der Waals surface area contributed by atoms with Gasteiger partial charge in [0.1, 0.15) is 5.15 Å². The maximum Gasteiger partial charge on any atom is 0.339 e. The van der Waals surface area contributed by atoms with Gasteiger partial charge < -0.3 is 9.47 Å². The van der Waals surface area contributed by atoms with Crippen molar-refractivity contribution in [3.05, 3.63) is 51.2 Å². The van der Waals surface area contributed by atoms with Gasteiger partial charge in [0.15, 0.2) is 11.8 Å². The van der Waals surface area contributed by atoms with Gasteiger partial charge in [-0.15, -0.1) is 0 Å². The molecule has 8 heteroatoms. The lowest BCUT2D eigenvalue weighted by Crippen LogP contribution is -2.19. The fraction of sp³-hybridized carbons (Fsp3) is 0.235. The number of carbonyl (C=O) groups excluding carboxylic acids is 1. The van der Waals surface area contributed by atoms with Gasteiger partial charge in [-0.05, 0) is 19.1 Å². The van der Waals surface area contributed by atoms with Gasteiger partial charge in [0, 0.05) is 28.9 Å². The minimum Gasteiger partial charge on any atom is -0.467 e. The Morgan fingerprint density at radius 2 is 2.08 bits per heavy atom. The molecular weight excluding hydrogens is 410 g/mol. The Morgan fingerprint density at radius 1 is 1.32 bits per heavy atom. The Kier molecular flexibility index (Phi) is 5.08. The number of fused-ring (bicyclic) bond motifs is 1. The minimum atomic E-state index is -0.965. The maximum absolute atomic E-state index is 12.0. The van der Waals surface area contributed by atoms with E-state index in [1.54, 1.807) is 6.92 Å². The molecule has 0 N–H and O–H groups in total. The lowest BCUT2D eigenvalue weighted by molar-refractivity contribution is -0.152. The van der Waals surface area contributed by atoms with Crippen molar-refractivity contribution in [2.24, 2.45) is 0 Å². The number of aromatic nitrogens is 3.